The third-order valence-corrected chi connectivity index (χ3v) is 8.62. The first-order chi connectivity index (χ1) is 18.1. The second kappa shape index (κ2) is 10.8. The third kappa shape index (κ3) is 5.79. The topological polar surface area (TPSA) is 123 Å². The Morgan fingerprint density at radius 1 is 1.03 bits per heavy atom. The van der Waals surface area contributed by atoms with Gasteiger partial charge in [-0.25, -0.2) is 9.36 Å². The first-order valence-electron chi connectivity index (χ1n) is 12.6. The highest BCUT2D eigenvalue weighted by Crippen LogP contribution is 2.58. The number of carboxylic acid groups (broad SMARTS) is 1. The minimum atomic E-state index is -4.65. The van der Waals surface area contributed by atoms with Crippen LogP contribution in [-0.4, -0.2) is 28.0 Å². The van der Waals surface area contributed by atoms with Gasteiger partial charge in [-0.05, 0) is 91.2 Å². The molecule has 8 nitrogen and oxygen atoms in total. The number of methoxy groups -OCH3 is 1. The van der Waals surface area contributed by atoms with E-state index in [2.05, 4.69) is 4.52 Å². The van der Waals surface area contributed by atoms with Gasteiger partial charge in [0.1, 0.15) is 23.9 Å². The molecule has 3 N–H and O–H groups in total. The lowest BCUT2D eigenvalue weighted by Gasteiger charge is -2.51. The van der Waals surface area contributed by atoms with Gasteiger partial charge in [0, 0.05) is 17.2 Å². The lowest BCUT2D eigenvalue weighted by atomic mass is 9.54. The molecule has 0 heterocycles. The fourth-order valence-electron chi connectivity index (χ4n) is 6.57. The van der Waals surface area contributed by atoms with Crippen LogP contribution in [0.4, 0.5) is 0 Å². The maximum absolute atomic E-state index is 11.2. The van der Waals surface area contributed by atoms with Crippen molar-refractivity contribution in [1.29, 1.82) is 0 Å². The summed E-state index contributed by atoms with van der Waals surface area (Å²) in [7, 11) is -2.98. The molecule has 4 bridgehead atoms. The van der Waals surface area contributed by atoms with Crippen LogP contribution in [0.15, 0.2) is 48.0 Å². The number of halogens is 1. The van der Waals surface area contributed by atoms with Crippen LogP contribution in [0.1, 0.15) is 48.8 Å². The van der Waals surface area contributed by atoms with Gasteiger partial charge in [-0.3, -0.25) is 9.79 Å². The van der Waals surface area contributed by atoms with Crippen LogP contribution in [0.2, 0.25) is 5.02 Å². The minimum absolute atomic E-state index is 0.0271. The van der Waals surface area contributed by atoms with Gasteiger partial charge in [-0.2, -0.15) is 0 Å². The van der Waals surface area contributed by atoms with E-state index in [1.54, 1.807) is 25.3 Å². The molecule has 2 aromatic carbocycles. The molecule has 0 radical (unpaired) electrons. The molecule has 0 amide bonds. The molecule has 4 fully saturated rings. The Kier molecular flexibility index (Phi) is 7.60. The van der Waals surface area contributed by atoms with Gasteiger partial charge in [0.2, 0.25) is 0 Å². The number of benzene rings is 2. The summed E-state index contributed by atoms with van der Waals surface area (Å²) < 4.78 is 27.8. The van der Waals surface area contributed by atoms with E-state index in [1.165, 1.54) is 55.9 Å². The maximum Gasteiger partial charge on any atom is 0.524 e. The van der Waals surface area contributed by atoms with Crippen molar-refractivity contribution in [3.63, 3.8) is 0 Å². The third-order valence-electron chi connectivity index (χ3n) is 7.79. The zero-order chi connectivity index (χ0) is 27.0. The van der Waals surface area contributed by atoms with Crippen molar-refractivity contribution < 1.29 is 38.3 Å². The van der Waals surface area contributed by atoms with Crippen LogP contribution in [0.25, 0.3) is 11.8 Å². The molecule has 202 valence electrons. The van der Waals surface area contributed by atoms with E-state index in [4.69, 9.17) is 36.0 Å². The maximum atomic E-state index is 11.2. The van der Waals surface area contributed by atoms with Crippen molar-refractivity contribution in [1.82, 2.24) is 0 Å². The van der Waals surface area contributed by atoms with Crippen molar-refractivity contribution in [2.45, 2.75) is 38.7 Å². The second-order valence-electron chi connectivity index (χ2n) is 10.3. The van der Waals surface area contributed by atoms with Crippen LogP contribution in [0, 0.1) is 23.7 Å². The highest BCUT2D eigenvalue weighted by atomic mass is 35.5. The quantitative estimate of drug-likeness (QED) is 0.185. The van der Waals surface area contributed by atoms with E-state index < -0.39 is 13.8 Å². The van der Waals surface area contributed by atoms with E-state index in [0.717, 1.165) is 29.2 Å². The Morgan fingerprint density at radius 3 is 2.21 bits per heavy atom. The fourth-order valence-corrected chi connectivity index (χ4v) is 7.28. The highest BCUT2D eigenvalue weighted by Gasteiger charge is 2.47. The van der Waals surface area contributed by atoms with Crippen molar-refractivity contribution in [3.8, 4) is 11.5 Å². The molecular formula is C28H30ClO8P. The molecule has 0 saturated heterocycles. The van der Waals surface area contributed by atoms with Crippen LogP contribution < -0.4 is 9.26 Å². The Balaban J connectivity index is 1.47. The number of carboxylic acids is 1. The summed E-state index contributed by atoms with van der Waals surface area (Å²) in [6, 6.07) is 9.74. The predicted octanol–water partition coefficient (Wildman–Crippen LogP) is 6.30. The SMILES string of the molecule is COC(=C1C2CC3CC(C2)CC1C3)c1ccc(/C=C/C(=O)O)c(OCc2ccc(OP(=O)(O)O)cc2)c1Cl. The molecule has 2 aromatic rings. The van der Waals surface area contributed by atoms with Gasteiger partial charge in [0.05, 0.1) is 12.1 Å². The van der Waals surface area contributed by atoms with Crippen molar-refractivity contribution in [3.05, 3.63) is 69.8 Å². The summed E-state index contributed by atoms with van der Waals surface area (Å²) in [4.78, 5) is 29.2. The first-order valence-corrected chi connectivity index (χ1v) is 14.5. The van der Waals surface area contributed by atoms with E-state index in [0.29, 0.717) is 33.7 Å². The van der Waals surface area contributed by atoms with Crippen molar-refractivity contribution in [2.24, 2.45) is 23.7 Å². The molecule has 0 spiro atoms. The van der Waals surface area contributed by atoms with Gasteiger partial charge in [-0.15, -0.1) is 0 Å². The van der Waals surface area contributed by atoms with Crippen molar-refractivity contribution in [2.75, 3.05) is 7.11 Å². The number of carbonyl (C=O) groups is 1. The number of hydrogen-bond donors (Lipinski definition) is 3. The zero-order valence-corrected chi connectivity index (χ0v) is 22.5. The second-order valence-corrected chi connectivity index (χ2v) is 11.9. The number of aliphatic carboxylic acids is 1. The normalized spacial score (nSPS) is 24.1. The zero-order valence-electron chi connectivity index (χ0n) is 20.9. The van der Waals surface area contributed by atoms with Gasteiger partial charge >= 0.3 is 13.8 Å². The standard InChI is InChI=1S/C28H30ClO8P/c1-35-28(25-20-11-17-10-18(13-20)14-21(25)12-17)23-8-4-19(5-9-24(30)31)27(26(23)29)36-15-16-2-6-22(7-3-16)37-38(32,33)34/h2-9,17-18,20-21H,10-15H2,1H3,(H,30,31)(H2,32,33,34)/b9-5+,28-25?. The Morgan fingerprint density at radius 2 is 1.66 bits per heavy atom. The molecule has 0 atom stereocenters. The Hall–Kier alpha value is -2.77. The van der Waals surface area contributed by atoms with Crippen LogP contribution in [0.3, 0.4) is 0 Å². The highest BCUT2D eigenvalue weighted by molar-refractivity contribution is 7.46. The first kappa shape index (κ1) is 26.8. The Bertz CT molecular complexity index is 1300. The Labute approximate surface area is 226 Å². The summed E-state index contributed by atoms with van der Waals surface area (Å²) in [6.45, 7) is 0.0841. The number of rotatable bonds is 9. The number of ether oxygens (including phenoxy) is 2. The van der Waals surface area contributed by atoms with Gasteiger partial charge in [0.25, 0.3) is 0 Å². The molecular weight excluding hydrogens is 531 g/mol. The number of hydrogen-bond acceptors (Lipinski definition) is 5. The lowest BCUT2D eigenvalue weighted by molar-refractivity contribution is -0.131. The molecule has 4 saturated carbocycles. The average molecular weight is 561 g/mol. The van der Waals surface area contributed by atoms with Gasteiger partial charge < -0.3 is 19.1 Å². The molecule has 0 aliphatic heterocycles. The minimum Gasteiger partial charge on any atom is -0.496 e. The van der Waals surface area contributed by atoms with E-state index in [1.807, 2.05) is 6.07 Å². The lowest BCUT2D eigenvalue weighted by Crippen LogP contribution is -2.40. The summed E-state index contributed by atoms with van der Waals surface area (Å²) in [5, 5.41) is 9.51. The monoisotopic (exact) mass is 560 g/mol. The average Bonchev–Trinajstić information content (AvgIpc) is 2.84. The predicted molar refractivity (Wildman–Crippen MR) is 143 cm³/mol. The van der Waals surface area contributed by atoms with Crippen molar-refractivity contribution >= 4 is 37.2 Å². The van der Waals surface area contributed by atoms with Crippen LogP contribution in [-0.2, 0) is 20.7 Å². The smallest absolute Gasteiger partial charge is 0.496 e. The van der Waals surface area contributed by atoms with Crippen LogP contribution in [0.5, 0.6) is 11.5 Å². The summed E-state index contributed by atoms with van der Waals surface area (Å²) in [6.07, 6.45) is 8.58. The molecule has 0 unspecified atom stereocenters. The molecule has 10 heteroatoms. The molecule has 38 heavy (non-hydrogen) atoms. The number of phosphoric acid groups is 1. The molecule has 4 aliphatic carbocycles. The largest absolute Gasteiger partial charge is 0.524 e. The van der Waals surface area contributed by atoms with E-state index in [-0.39, 0.29) is 12.4 Å². The van der Waals surface area contributed by atoms with E-state index in [9.17, 15) is 9.36 Å². The number of phosphoric ester groups is 1. The number of allylic oxidation sites excluding steroid dienone is 1. The summed E-state index contributed by atoms with van der Waals surface area (Å²) in [5.41, 5.74) is 3.28. The molecule has 6 rings (SSSR count). The molecule has 0 aromatic heterocycles. The van der Waals surface area contributed by atoms with Gasteiger partial charge in [0.15, 0.2) is 0 Å². The fraction of sp³-hybridized carbons (Fsp3) is 0.393. The van der Waals surface area contributed by atoms with E-state index >= 15 is 0 Å². The van der Waals surface area contributed by atoms with Crippen LogP contribution >= 0.6 is 19.4 Å². The summed E-state index contributed by atoms with van der Waals surface area (Å²) >= 11 is 6.95. The summed E-state index contributed by atoms with van der Waals surface area (Å²) in [5.74, 6) is 2.66. The van der Waals surface area contributed by atoms with Gasteiger partial charge in [-0.1, -0.05) is 29.8 Å². The molecule has 4 aliphatic rings.